The minimum Gasteiger partial charge on any atom is -0.0854 e. The van der Waals surface area contributed by atoms with Crippen LogP contribution in [0.2, 0.25) is 0 Å². The maximum absolute atomic E-state index is 2.45. The zero-order chi connectivity index (χ0) is 9.90. The van der Waals surface area contributed by atoms with Crippen molar-refractivity contribution < 1.29 is 0 Å². The first-order valence-electron chi connectivity index (χ1n) is 4.75. The third-order valence-corrected chi connectivity index (χ3v) is 4.38. The molecule has 0 radical (unpaired) electrons. The maximum atomic E-state index is 2.45. The fraction of sp³-hybridized carbons (Fsp3) is 0.500. The van der Waals surface area contributed by atoms with Gasteiger partial charge in [0.25, 0.3) is 0 Å². The quantitative estimate of drug-likeness (QED) is 0.583. The van der Waals surface area contributed by atoms with Gasteiger partial charge in [0.2, 0.25) is 0 Å². The molecule has 0 saturated carbocycles. The summed E-state index contributed by atoms with van der Waals surface area (Å²) in [6.07, 6.45) is 1.13. The second kappa shape index (κ2) is 4.45. The van der Waals surface area contributed by atoms with E-state index in [0.29, 0.717) is 5.41 Å². The number of hydrogen-bond donors (Lipinski definition) is 0. The zero-order valence-electron chi connectivity index (χ0n) is 8.60. The molecule has 13 heavy (non-hydrogen) atoms. The van der Waals surface area contributed by atoms with E-state index in [9.17, 15) is 0 Å². The lowest BCUT2D eigenvalue weighted by molar-refractivity contribution is 0.612. The molecule has 0 N–H and O–H groups in total. The van der Waals surface area contributed by atoms with Crippen molar-refractivity contribution in [2.45, 2.75) is 32.6 Å². The Bertz CT molecular complexity index is 259. The number of halogens is 1. The molecule has 0 aliphatic heterocycles. The number of benzene rings is 1. The lowest BCUT2D eigenvalue weighted by Crippen LogP contribution is -2.18. The maximum Gasteiger partial charge on any atom is 0.00872 e. The molecule has 72 valence electrons. The highest BCUT2D eigenvalue weighted by Gasteiger charge is 2.17. The van der Waals surface area contributed by atoms with Gasteiger partial charge in [0.05, 0.1) is 0 Å². The number of rotatable bonds is 3. The average Bonchev–Trinajstić information content (AvgIpc) is 2.18. The van der Waals surface area contributed by atoms with Crippen molar-refractivity contribution in [3.8, 4) is 0 Å². The van der Waals surface area contributed by atoms with Crippen molar-refractivity contribution in [2.24, 2.45) is 0 Å². The van der Waals surface area contributed by atoms with Crippen molar-refractivity contribution in [1.29, 1.82) is 0 Å². The van der Waals surface area contributed by atoms with E-state index in [1.807, 2.05) is 0 Å². The van der Waals surface area contributed by atoms with Crippen molar-refractivity contribution in [2.75, 3.05) is 4.43 Å². The average molecular weight is 288 g/mol. The van der Waals surface area contributed by atoms with E-state index in [4.69, 9.17) is 0 Å². The molecule has 0 nitrogen and oxygen atoms in total. The van der Waals surface area contributed by atoms with E-state index in [-0.39, 0.29) is 0 Å². The first kappa shape index (κ1) is 11.0. The van der Waals surface area contributed by atoms with E-state index in [0.717, 1.165) is 10.8 Å². The minimum atomic E-state index is 0.312. The Hall–Kier alpha value is -0.0500. The lowest BCUT2D eigenvalue weighted by Gasteiger charge is -2.22. The van der Waals surface area contributed by atoms with Crippen LogP contribution in [-0.4, -0.2) is 4.43 Å². The van der Waals surface area contributed by atoms with Gasteiger partial charge in [-0.25, -0.2) is 0 Å². The van der Waals surface area contributed by atoms with E-state index in [2.05, 4.69) is 67.6 Å². The monoisotopic (exact) mass is 288 g/mol. The predicted molar refractivity (Wildman–Crippen MR) is 67.7 cm³/mol. The van der Waals surface area contributed by atoms with Crippen LogP contribution in [0.4, 0.5) is 0 Å². The van der Waals surface area contributed by atoms with Crippen molar-refractivity contribution in [1.82, 2.24) is 0 Å². The summed E-state index contributed by atoms with van der Waals surface area (Å²) in [5.41, 5.74) is 3.18. The highest BCUT2D eigenvalue weighted by Crippen LogP contribution is 2.25. The fourth-order valence-corrected chi connectivity index (χ4v) is 1.71. The van der Waals surface area contributed by atoms with Gasteiger partial charge in [-0.05, 0) is 23.0 Å². The van der Waals surface area contributed by atoms with Gasteiger partial charge in [0, 0.05) is 4.43 Å². The number of hydrogen-bond acceptors (Lipinski definition) is 0. The normalized spacial score (nSPS) is 11.7. The second-order valence-corrected chi connectivity index (χ2v) is 4.83. The number of aryl methyl sites for hydroxylation is 1. The Morgan fingerprint density at radius 2 is 1.69 bits per heavy atom. The van der Waals surface area contributed by atoms with Gasteiger partial charge in [-0.2, -0.15) is 0 Å². The lowest BCUT2D eigenvalue weighted by atomic mass is 9.86. The Morgan fingerprint density at radius 1 is 1.15 bits per heavy atom. The van der Waals surface area contributed by atoms with Crippen LogP contribution in [-0.2, 0) is 11.8 Å². The van der Waals surface area contributed by atoms with Gasteiger partial charge < -0.3 is 0 Å². The predicted octanol–water partition coefficient (Wildman–Crippen LogP) is 3.96. The molecule has 1 aromatic rings. The molecule has 0 spiro atoms. The number of alkyl halides is 1. The molecular formula is C12H17I. The van der Waals surface area contributed by atoms with Crippen LogP contribution in [0.3, 0.4) is 0 Å². The van der Waals surface area contributed by atoms with Gasteiger partial charge in [0.15, 0.2) is 0 Å². The summed E-state index contributed by atoms with van der Waals surface area (Å²) in [6.45, 7) is 6.78. The molecule has 0 aromatic heterocycles. The van der Waals surface area contributed by atoms with Crippen LogP contribution < -0.4 is 0 Å². The second-order valence-electron chi connectivity index (χ2n) is 4.07. The summed E-state index contributed by atoms with van der Waals surface area (Å²) >= 11 is 2.45. The molecule has 1 heteroatoms. The van der Waals surface area contributed by atoms with E-state index in [1.165, 1.54) is 11.1 Å². The summed E-state index contributed by atoms with van der Waals surface area (Å²) in [5.74, 6) is 0. The van der Waals surface area contributed by atoms with Gasteiger partial charge in [-0.1, -0.05) is 67.6 Å². The smallest absolute Gasteiger partial charge is 0.00872 e. The molecule has 0 saturated heterocycles. The molecular weight excluding hydrogens is 271 g/mol. The third-order valence-electron chi connectivity index (χ3n) is 2.48. The topological polar surface area (TPSA) is 0 Å². The van der Waals surface area contributed by atoms with Crippen LogP contribution >= 0.6 is 22.6 Å². The van der Waals surface area contributed by atoms with Gasteiger partial charge in [-0.3, -0.25) is 0 Å². The van der Waals surface area contributed by atoms with Crippen molar-refractivity contribution in [3.63, 3.8) is 0 Å². The minimum absolute atomic E-state index is 0.312. The van der Waals surface area contributed by atoms with Crippen molar-refractivity contribution in [3.05, 3.63) is 35.4 Å². The third kappa shape index (κ3) is 2.70. The summed E-state index contributed by atoms with van der Waals surface area (Å²) in [7, 11) is 0. The standard InChI is InChI=1S/C12H17I/c1-4-10-5-7-11(8-6-10)12(2,3)9-13/h5-8H,4,9H2,1-3H3. The Balaban J connectivity index is 2.92. The Morgan fingerprint density at radius 3 is 2.08 bits per heavy atom. The van der Waals surface area contributed by atoms with Gasteiger partial charge in [0.1, 0.15) is 0 Å². The van der Waals surface area contributed by atoms with E-state index in [1.54, 1.807) is 0 Å². The SMILES string of the molecule is CCc1ccc(C(C)(C)CI)cc1. The molecule has 0 bridgehead atoms. The van der Waals surface area contributed by atoms with Crippen molar-refractivity contribution >= 4 is 22.6 Å². The first-order valence-corrected chi connectivity index (χ1v) is 6.28. The fourth-order valence-electron chi connectivity index (χ4n) is 1.27. The van der Waals surface area contributed by atoms with Crippen LogP contribution in [0.15, 0.2) is 24.3 Å². The highest BCUT2D eigenvalue weighted by molar-refractivity contribution is 14.1. The largest absolute Gasteiger partial charge is 0.0854 e. The summed E-state index contributed by atoms with van der Waals surface area (Å²) < 4.78 is 1.16. The molecule has 0 unspecified atom stereocenters. The first-order chi connectivity index (χ1) is 6.10. The summed E-state index contributed by atoms with van der Waals surface area (Å²) in [6, 6.07) is 9.00. The molecule has 0 amide bonds. The molecule has 0 atom stereocenters. The Kier molecular flexibility index (Phi) is 3.77. The summed E-state index contributed by atoms with van der Waals surface area (Å²) in [4.78, 5) is 0. The van der Waals surface area contributed by atoms with Gasteiger partial charge in [-0.15, -0.1) is 0 Å². The van der Waals surface area contributed by atoms with Crippen LogP contribution in [0.5, 0.6) is 0 Å². The molecule has 0 aliphatic rings. The Labute approximate surface area is 94.9 Å². The van der Waals surface area contributed by atoms with Crippen LogP contribution in [0.25, 0.3) is 0 Å². The molecule has 1 aromatic carbocycles. The summed E-state index contributed by atoms with van der Waals surface area (Å²) in [5, 5.41) is 0. The molecule has 0 heterocycles. The molecule has 1 rings (SSSR count). The molecule has 0 fully saturated rings. The van der Waals surface area contributed by atoms with E-state index >= 15 is 0 Å². The van der Waals surface area contributed by atoms with Crippen LogP contribution in [0, 0.1) is 0 Å². The van der Waals surface area contributed by atoms with Gasteiger partial charge >= 0.3 is 0 Å². The zero-order valence-corrected chi connectivity index (χ0v) is 10.8. The highest BCUT2D eigenvalue weighted by atomic mass is 127. The van der Waals surface area contributed by atoms with Crippen LogP contribution in [0.1, 0.15) is 31.9 Å². The van der Waals surface area contributed by atoms with E-state index < -0.39 is 0 Å². The molecule has 0 aliphatic carbocycles.